The smallest absolute Gasteiger partial charge is 0.208 e. The van der Waals surface area contributed by atoms with E-state index in [0.717, 1.165) is 28.1 Å². The predicted molar refractivity (Wildman–Crippen MR) is 116 cm³/mol. The van der Waals surface area contributed by atoms with Crippen molar-refractivity contribution in [2.24, 2.45) is 14.1 Å². The minimum Gasteiger partial charge on any atom is -0.320 e. The van der Waals surface area contributed by atoms with Crippen LogP contribution in [0.25, 0.3) is 22.2 Å². The van der Waals surface area contributed by atoms with Crippen LogP contribution in [0.2, 0.25) is 0 Å². The molecule has 0 aliphatic heterocycles. The predicted octanol–water partition coefficient (Wildman–Crippen LogP) is 3.05. The van der Waals surface area contributed by atoms with Gasteiger partial charge in [-0.25, -0.2) is 19.6 Å². The standard InChI is InChI=1S/C21H21N9/c1-28-9-7-22-21(28)27-19-18-6-8-30(20(18)24-14-23-19)26-11-15-4-3-5-16(10-15)17-12-25-29(2)13-17/h3-10,12-14,26H,11H2,1-2H3,(H,22,23,24,27). The molecule has 0 amide bonds. The van der Waals surface area contributed by atoms with Crippen LogP contribution in [0, 0.1) is 0 Å². The molecule has 0 aliphatic rings. The second-order valence-corrected chi connectivity index (χ2v) is 7.07. The van der Waals surface area contributed by atoms with Crippen LogP contribution in [-0.4, -0.2) is 34.0 Å². The van der Waals surface area contributed by atoms with Crippen LogP contribution in [0.3, 0.4) is 0 Å². The Kier molecular flexibility index (Phi) is 4.40. The molecule has 0 radical (unpaired) electrons. The van der Waals surface area contributed by atoms with Crippen LogP contribution in [0.15, 0.2) is 67.6 Å². The second kappa shape index (κ2) is 7.36. The normalized spacial score (nSPS) is 11.1. The summed E-state index contributed by atoms with van der Waals surface area (Å²) < 4.78 is 5.62. The van der Waals surface area contributed by atoms with Crippen molar-refractivity contribution in [3.8, 4) is 11.1 Å². The van der Waals surface area contributed by atoms with Crippen molar-refractivity contribution in [2.45, 2.75) is 6.54 Å². The van der Waals surface area contributed by atoms with Gasteiger partial charge in [0.25, 0.3) is 0 Å². The third-order valence-electron chi connectivity index (χ3n) is 4.95. The molecule has 4 aromatic heterocycles. The van der Waals surface area contributed by atoms with Gasteiger partial charge in [0.05, 0.1) is 18.1 Å². The van der Waals surface area contributed by atoms with Crippen molar-refractivity contribution in [3.63, 3.8) is 0 Å². The first-order chi connectivity index (χ1) is 14.7. The number of nitrogens with zero attached hydrogens (tertiary/aromatic N) is 7. The van der Waals surface area contributed by atoms with Crippen LogP contribution in [0.1, 0.15) is 5.56 Å². The van der Waals surface area contributed by atoms with Crippen LogP contribution < -0.4 is 10.7 Å². The van der Waals surface area contributed by atoms with Gasteiger partial charge in [0.15, 0.2) is 5.65 Å². The summed E-state index contributed by atoms with van der Waals surface area (Å²) in [5.74, 6) is 1.44. The number of rotatable bonds is 6. The Balaban J connectivity index is 1.36. The molecule has 4 heterocycles. The van der Waals surface area contributed by atoms with Gasteiger partial charge in [0.2, 0.25) is 5.95 Å². The van der Waals surface area contributed by atoms with E-state index in [-0.39, 0.29) is 0 Å². The summed E-state index contributed by atoms with van der Waals surface area (Å²) in [6.07, 6.45) is 11.0. The molecule has 0 fully saturated rings. The highest BCUT2D eigenvalue weighted by atomic mass is 15.4. The maximum atomic E-state index is 4.44. The van der Waals surface area contributed by atoms with Crippen LogP contribution in [0.5, 0.6) is 0 Å². The number of aromatic nitrogens is 7. The first kappa shape index (κ1) is 17.9. The van der Waals surface area contributed by atoms with Crippen molar-refractivity contribution >= 4 is 22.8 Å². The van der Waals surface area contributed by atoms with Gasteiger partial charge in [0, 0.05) is 44.4 Å². The Bertz CT molecular complexity index is 1310. The van der Waals surface area contributed by atoms with E-state index < -0.39 is 0 Å². The maximum absolute atomic E-state index is 4.44. The van der Waals surface area contributed by atoms with Crippen molar-refractivity contribution in [1.29, 1.82) is 0 Å². The van der Waals surface area contributed by atoms with Crippen molar-refractivity contribution in [1.82, 2.24) is 34.0 Å². The molecule has 5 rings (SSSR count). The summed E-state index contributed by atoms with van der Waals surface area (Å²) in [6, 6.07) is 10.4. The fraction of sp³-hybridized carbons (Fsp3) is 0.143. The minimum atomic E-state index is 0.657. The summed E-state index contributed by atoms with van der Waals surface area (Å²) in [6.45, 7) is 0.657. The number of imidazole rings is 1. The fourth-order valence-electron chi connectivity index (χ4n) is 3.38. The molecule has 2 N–H and O–H groups in total. The van der Waals surface area contributed by atoms with E-state index in [4.69, 9.17) is 0 Å². The Morgan fingerprint density at radius 2 is 1.93 bits per heavy atom. The second-order valence-electron chi connectivity index (χ2n) is 7.07. The van der Waals surface area contributed by atoms with Crippen molar-refractivity contribution in [3.05, 3.63) is 73.2 Å². The number of aryl methyl sites for hydroxylation is 2. The lowest BCUT2D eigenvalue weighted by molar-refractivity contribution is 0.768. The van der Waals surface area contributed by atoms with Gasteiger partial charge in [0.1, 0.15) is 12.1 Å². The molecule has 5 aromatic rings. The summed E-state index contributed by atoms with van der Waals surface area (Å²) in [5.41, 5.74) is 7.63. The highest BCUT2D eigenvalue weighted by Crippen LogP contribution is 2.23. The number of hydrogen-bond acceptors (Lipinski definition) is 6. The third kappa shape index (κ3) is 3.37. The molecule has 150 valence electrons. The van der Waals surface area contributed by atoms with Gasteiger partial charge in [-0.15, -0.1) is 0 Å². The topological polar surface area (TPSA) is 90.4 Å². The van der Waals surface area contributed by atoms with Crippen molar-refractivity contribution < 1.29 is 0 Å². The minimum absolute atomic E-state index is 0.657. The summed E-state index contributed by atoms with van der Waals surface area (Å²) in [5, 5.41) is 8.43. The fourth-order valence-corrected chi connectivity index (χ4v) is 3.38. The average Bonchev–Trinajstić information content (AvgIpc) is 3.48. The SMILES string of the molecule is Cn1cc(-c2cccc(CNn3ccc4c(Nc5nccn5C)ncnc43)c2)cn1. The number of hydrogen-bond donors (Lipinski definition) is 2. The van der Waals surface area contributed by atoms with Gasteiger partial charge < -0.3 is 15.3 Å². The van der Waals surface area contributed by atoms with E-state index in [1.807, 2.05) is 58.9 Å². The van der Waals surface area contributed by atoms with E-state index >= 15 is 0 Å². The van der Waals surface area contributed by atoms with Crippen LogP contribution in [0.4, 0.5) is 11.8 Å². The van der Waals surface area contributed by atoms with E-state index in [1.54, 1.807) is 12.5 Å². The first-order valence-electron chi connectivity index (χ1n) is 9.55. The Labute approximate surface area is 173 Å². The van der Waals surface area contributed by atoms with Gasteiger partial charge in [-0.1, -0.05) is 18.2 Å². The quantitative estimate of drug-likeness (QED) is 0.456. The molecule has 0 spiro atoms. The number of fused-ring (bicyclic) bond motifs is 1. The van der Waals surface area contributed by atoms with E-state index in [2.05, 4.69) is 55.1 Å². The number of benzene rings is 1. The Hall–Kier alpha value is -4.14. The van der Waals surface area contributed by atoms with Crippen molar-refractivity contribution in [2.75, 3.05) is 10.7 Å². The number of anilines is 2. The molecule has 0 unspecified atom stereocenters. The molecular formula is C21H21N9. The molecular weight excluding hydrogens is 378 g/mol. The van der Waals surface area contributed by atoms with Gasteiger partial charge in [-0.3, -0.25) is 4.68 Å². The van der Waals surface area contributed by atoms with Gasteiger partial charge in [-0.2, -0.15) is 5.10 Å². The lowest BCUT2D eigenvalue weighted by atomic mass is 10.1. The molecule has 9 heteroatoms. The lowest BCUT2D eigenvalue weighted by Gasteiger charge is -2.10. The van der Waals surface area contributed by atoms with Gasteiger partial charge >= 0.3 is 0 Å². The summed E-state index contributed by atoms with van der Waals surface area (Å²) >= 11 is 0. The Morgan fingerprint density at radius 1 is 1.00 bits per heavy atom. The third-order valence-corrected chi connectivity index (χ3v) is 4.95. The summed E-state index contributed by atoms with van der Waals surface area (Å²) in [4.78, 5) is 13.1. The highest BCUT2D eigenvalue weighted by molar-refractivity contribution is 5.88. The molecule has 0 saturated carbocycles. The zero-order valence-corrected chi connectivity index (χ0v) is 16.7. The largest absolute Gasteiger partial charge is 0.320 e. The summed E-state index contributed by atoms with van der Waals surface area (Å²) in [7, 11) is 3.85. The Morgan fingerprint density at radius 3 is 2.73 bits per heavy atom. The molecule has 0 saturated heterocycles. The van der Waals surface area contributed by atoms with Crippen LogP contribution >= 0.6 is 0 Å². The lowest BCUT2D eigenvalue weighted by Crippen LogP contribution is -2.13. The first-order valence-corrected chi connectivity index (χ1v) is 9.55. The molecule has 0 atom stereocenters. The molecule has 0 bridgehead atoms. The molecule has 1 aromatic carbocycles. The van der Waals surface area contributed by atoms with E-state index in [9.17, 15) is 0 Å². The number of nitrogens with one attached hydrogen (secondary N) is 2. The zero-order chi connectivity index (χ0) is 20.5. The van der Waals surface area contributed by atoms with Gasteiger partial charge in [-0.05, 0) is 23.3 Å². The molecule has 30 heavy (non-hydrogen) atoms. The highest BCUT2D eigenvalue weighted by Gasteiger charge is 2.10. The van der Waals surface area contributed by atoms with Crippen LogP contribution in [-0.2, 0) is 20.6 Å². The maximum Gasteiger partial charge on any atom is 0.208 e. The molecule has 0 aliphatic carbocycles. The van der Waals surface area contributed by atoms with E-state index in [1.165, 1.54) is 5.56 Å². The van der Waals surface area contributed by atoms with E-state index in [0.29, 0.717) is 12.4 Å². The average molecular weight is 399 g/mol. The monoisotopic (exact) mass is 399 g/mol. The zero-order valence-electron chi connectivity index (χ0n) is 16.7. The molecule has 9 nitrogen and oxygen atoms in total.